The van der Waals surface area contributed by atoms with Gasteiger partial charge in [-0.2, -0.15) is 0 Å². The maximum absolute atomic E-state index is 13.2. The number of nitrogens with zero attached hydrogens (tertiary/aromatic N) is 2. The van der Waals surface area contributed by atoms with Crippen LogP contribution in [0.1, 0.15) is 42.0 Å². The molecule has 4 unspecified atom stereocenters. The van der Waals surface area contributed by atoms with Crippen molar-refractivity contribution in [2.45, 2.75) is 38.0 Å². The summed E-state index contributed by atoms with van der Waals surface area (Å²) in [6, 6.07) is 20.8. The number of thiophene rings is 1. The third-order valence-corrected chi connectivity index (χ3v) is 8.03. The fourth-order valence-corrected chi connectivity index (χ4v) is 5.71. The first-order valence-electron chi connectivity index (χ1n) is 11.7. The van der Waals surface area contributed by atoms with E-state index in [9.17, 15) is 18.7 Å². The largest absolute Gasteiger partial charge is 0.755 e. The van der Waals surface area contributed by atoms with Crippen LogP contribution in [-0.2, 0) is 22.6 Å². The van der Waals surface area contributed by atoms with Crippen molar-refractivity contribution < 1.29 is 18.7 Å². The van der Waals surface area contributed by atoms with E-state index in [1.54, 1.807) is 6.07 Å². The average Bonchev–Trinajstić information content (AvgIpc) is 3.54. The van der Waals surface area contributed by atoms with Crippen LogP contribution >= 0.6 is 11.3 Å². The predicted octanol–water partition coefficient (Wildman–Crippen LogP) is 3.58. The summed E-state index contributed by atoms with van der Waals surface area (Å²) in [5.74, 6) is -0.450. The first-order chi connectivity index (χ1) is 16.9. The van der Waals surface area contributed by atoms with Crippen molar-refractivity contribution in [1.29, 1.82) is 0 Å². The van der Waals surface area contributed by atoms with Gasteiger partial charge in [0.15, 0.2) is 0 Å². The first kappa shape index (κ1) is 25.5. The van der Waals surface area contributed by atoms with Gasteiger partial charge in [0.2, 0.25) is 5.91 Å². The molecule has 35 heavy (non-hydrogen) atoms. The molecule has 1 fully saturated rings. The number of β-amino-alcohol motifs (C(OH)–C–C–N with tert-alkyl or cyclic N) is 1. The zero-order chi connectivity index (χ0) is 24.8. The Morgan fingerprint density at radius 2 is 1.91 bits per heavy atom. The predicted molar refractivity (Wildman–Crippen MR) is 139 cm³/mol. The molecule has 0 saturated carbocycles. The van der Waals surface area contributed by atoms with Gasteiger partial charge in [-0.05, 0) is 47.5 Å². The van der Waals surface area contributed by atoms with Crippen molar-refractivity contribution in [3.8, 4) is 0 Å². The molecule has 1 aromatic heterocycles. The molecule has 3 aromatic rings. The van der Waals surface area contributed by atoms with Crippen molar-refractivity contribution in [1.82, 2.24) is 10.2 Å². The number of nitrogens with one attached hydrogen (secondary N) is 1. The second-order valence-corrected chi connectivity index (χ2v) is 10.6. The van der Waals surface area contributed by atoms with Gasteiger partial charge in [0.25, 0.3) is 0 Å². The molecule has 1 saturated heterocycles. The normalized spacial score (nSPS) is 18.7. The second-order valence-electron chi connectivity index (χ2n) is 8.84. The molecule has 9 heteroatoms. The van der Waals surface area contributed by atoms with Crippen molar-refractivity contribution in [3.05, 3.63) is 88.8 Å². The highest BCUT2D eigenvalue weighted by molar-refractivity contribution is 7.80. The Balaban J connectivity index is 1.42. The number of amides is 1. The summed E-state index contributed by atoms with van der Waals surface area (Å²) in [6.07, 6.45) is 0.441. The summed E-state index contributed by atoms with van der Waals surface area (Å²) in [6.45, 7) is 4.18. The van der Waals surface area contributed by atoms with E-state index in [2.05, 4.69) is 10.2 Å². The van der Waals surface area contributed by atoms with Gasteiger partial charge in [-0.25, -0.2) is 0 Å². The molecule has 4 rings (SSSR count). The summed E-state index contributed by atoms with van der Waals surface area (Å²) in [5.41, 5.74) is 2.73. The monoisotopic (exact) mass is 512 g/mol. The van der Waals surface area contributed by atoms with Gasteiger partial charge in [0, 0.05) is 30.9 Å². The number of hydrogen-bond acceptors (Lipinski definition) is 6. The van der Waals surface area contributed by atoms with E-state index in [4.69, 9.17) is 0 Å². The van der Waals surface area contributed by atoms with E-state index in [1.807, 2.05) is 73.0 Å². The highest BCUT2D eigenvalue weighted by Gasteiger charge is 2.26. The number of benzene rings is 2. The lowest BCUT2D eigenvalue weighted by molar-refractivity contribution is -0.123. The van der Waals surface area contributed by atoms with Crippen LogP contribution in [0.2, 0.25) is 0 Å². The minimum absolute atomic E-state index is 0.0766. The van der Waals surface area contributed by atoms with Crippen molar-refractivity contribution >= 4 is 33.5 Å². The second kappa shape index (κ2) is 11.9. The molecule has 2 heterocycles. The summed E-state index contributed by atoms with van der Waals surface area (Å²) in [4.78, 5) is 15.4. The van der Waals surface area contributed by atoms with E-state index in [0.29, 0.717) is 18.1 Å². The van der Waals surface area contributed by atoms with Crippen LogP contribution in [0.25, 0.3) is 0 Å². The van der Waals surface area contributed by atoms with E-state index in [0.717, 1.165) is 29.7 Å². The third kappa shape index (κ3) is 6.77. The van der Waals surface area contributed by atoms with E-state index >= 15 is 0 Å². The highest BCUT2D eigenvalue weighted by Crippen LogP contribution is 2.26. The smallest absolute Gasteiger partial charge is 0.227 e. The SMILES string of the molecule is CC(C(=O)NC(CN1CCC(O)C1)c1ccccc1)c1ccc(CN(c2cccs2)S(=O)[O-])cc1. The highest BCUT2D eigenvalue weighted by atomic mass is 32.2. The maximum Gasteiger partial charge on any atom is 0.227 e. The van der Waals surface area contributed by atoms with Gasteiger partial charge in [-0.3, -0.25) is 18.2 Å². The fraction of sp³-hybridized carbons (Fsp3) is 0.346. The van der Waals surface area contributed by atoms with Crippen LogP contribution in [0.4, 0.5) is 5.00 Å². The number of likely N-dealkylation sites (tertiary alicyclic amines) is 1. The summed E-state index contributed by atoms with van der Waals surface area (Å²) >= 11 is -1.01. The number of anilines is 1. The third-order valence-electron chi connectivity index (χ3n) is 6.34. The van der Waals surface area contributed by atoms with Crippen molar-refractivity contribution in [2.24, 2.45) is 0 Å². The molecule has 1 amide bonds. The number of carbonyl (C=O) groups is 1. The molecule has 2 N–H and O–H groups in total. The number of aliphatic hydroxyl groups is 1. The Labute approximate surface area is 212 Å². The number of carbonyl (C=O) groups excluding carboxylic acids is 1. The molecular weight excluding hydrogens is 482 g/mol. The minimum atomic E-state index is -2.37. The molecule has 0 spiro atoms. The quantitative estimate of drug-likeness (QED) is 0.405. The molecule has 186 valence electrons. The molecule has 1 aliphatic rings. The van der Waals surface area contributed by atoms with Crippen molar-refractivity contribution in [2.75, 3.05) is 23.9 Å². The Morgan fingerprint density at radius 3 is 2.51 bits per heavy atom. The van der Waals surface area contributed by atoms with Gasteiger partial charge in [-0.1, -0.05) is 54.6 Å². The van der Waals surface area contributed by atoms with Gasteiger partial charge in [-0.15, -0.1) is 11.3 Å². The Morgan fingerprint density at radius 1 is 1.17 bits per heavy atom. The van der Waals surface area contributed by atoms with Crippen molar-refractivity contribution in [3.63, 3.8) is 0 Å². The molecular formula is C26H30N3O4S2-. The Kier molecular flexibility index (Phi) is 8.69. The van der Waals surface area contributed by atoms with Crippen LogP contribution in [0.15, 0.2) is 72.1 Å². The molecule has 0 radical (unpaired) electrons. The molecule has 0 aliphatic carbocycles. The van der Waals surface area contributed by atoms with Crippen LogP contribution in [0.3, 0.4) is 0 Å². The molecule has 7 nitrogen and oxygen atoms in total. The van der Waals surface area contributed by atoms with Gasteiger partial charge in [0.05, 0.1) is 24.6 Å². The zero-order valence-electron chi connectivity index (χ0n) is 19.6. The van der Waals surface area contributed by atoms with E-state index < -0.39 is 11.3 Å². The molecule has 2 aromatic carbocycles. The average molecular weight is 513 g/mol. The standard InChI is InChI=1S/C26H31N3O4S2/c1-19(21-11-9-20(10-12-21)16-29(35(32)33)25-8-5-15-34-25)26(31)27-24(22-6-3-2-4-7-22)18-28-14-13-23(30)17-28/h2-12,15,19,23-24,30H,13-14,16-18H2,1H3,(H,27,31)(H,32,33)/p-1. The van der Waals surface area contributed by atoms with Gasteiger partial charge >= 0.3 is 0 Å². The lowest BCUT2D eigenvalue weighted by atomic mass is 9.97. The Hall–Kier alpha value is -2.56. The van der Waals surface area contributed by atoms with Crippen LogP contribution < -0.4 is 9.62 Å². The molecule has 4 atom stereocenters. The van der Waals surface area contributed by atoms with E-state index in [-0.39, 0.29) is 30.5 Å². The van der Waals surface area contributed by atoms with Crippen LogP contribution in [-0.4, -0.2) is 50.4 Å². The summed E-state index contributed by atoms with van der Waals surface area (Å²) in [5, 5.41) is 15.6. The van der Waals surface area contributed by atoms with Crippen LogP contribution in [0, 0.1) is 0 Å². The summed E-state index contributed by atoms with van der Waals surface area (Å²) in [7, 11) is 0. The van der Waals surface area contributed by atoms with Crippen LogP contribution in [0.5, 0.6) is 0 Å². The number of hydrogen-bond donors (Lipinski definition) is 2. The minimum Gasteiger partial charge on any atom is -0.755 e. The lowest BCUT2D eigenvalue weighted by Gasteiger charge is -2.26. The molecule has 1 aliphatic heterocycles. The van der Waals surface area contributed by atoms with Gasteiger partial charge in [0.1, 0.15) is 5.00 Å². The Bertz CT molecular complexity index is 1110. The summed E-state index contributed by atoms with van der Waals surface area (Å²) < 4.78 is 24.7. The molecule has 0 bridgehead atoms. The van der Waals surface area contributed by atoms with E-state index in [1.165, 1.54) is 15.6 Å². The zero-order valence-corrected chi connectivity index (χ0v) is 21.2. The fourth-order valence-electron chi connectivity index (χ4n) is 4.30. The topological polar surface area (TPSA) is 95.9 Å². The number of aliphatic hydroxyl groups excluding tert-OH is 1. The lowest BCUT2D eigenvalue weighted by Crippen LogP contribution is -2.39. The van der Waals surface area contributed by atoms with Gasteiger partial charge < -0.3 is 15.0 Å². The first-order valence-corrected chi connectivity index (χ1v) is 13.6. The number of rotatable bonds is 10. The maximum atomic E-state index is 13.2.